The standard InChI is InChI=1S/C17H25N3O2/c1-17(2,19(3)4)12-18-16(22)13-7-9-14(10-8-13)20-11-5-6-15(20)21/h7-10H,5-6,11-12H2,1-4H3,(H,18,22). The predicted octanol–water partition coefficient (Wildman–Crippen LogP) is 1.88. The lowest BCUT2D eigenvalue weighted by Crippen LogP contribution is -2.48. The minimum Gasteiger partial charge on any atom is -0.350 e. The van der Waals surface area contributed by atoms with Crippen LogP contribution in [0.3, 0.4) is 0 Å². The highest BCUT2D eigenvalue weighted by atomic mass is 16.2. The summed E-state index contributed by atoms with van der Waals surface area (Å²) in [5.41, 5.74) is 1.38. The number of nitrogens with zero attached hydrogens (tertiary/aromatic N) is 2. The van der Waals surface area contributed by atoms with Gasteiger partial charge >= 0.3 is 0 Å². The van der Waals surface area contributed by atoms with E-state index in [9.17, 15) is 9.59 Å². The number of rotatable bonds is 5. The highest BCUT2D eigenvalue weighted by molar-refractivity contribution is 5.97. The SMILES string of the molecule is CN(C)C(C)(C)CNC(=O)c1ccc(N2CCCC2=O)cc1. The maximum atomic E-state index is 12.2. The first-order chi connectivity index (χ1) is 10.3. The molecule has 0 atom stereocenters. The minimum absolute atomic E-state index is 0.0887. The monoisotopic (exact) mass is 303 g/mol. The molecule has 1 fully saturated rings. The van der Waals surface area contributed by atoms with E-state index in [4.69, 9.17) is 0 Å². The molecule has 0 saturated carbocycles. The van der Waals surface area contributed by atoms with Gasteiger partial charge < -0.3 is 15.1 Å². The van der Waals surface area contributed by atoms with E-state index in [1.165, 1.54) is 0 Å². The summed E-state index contributed by atoms with van der Waals surface area (Å²) < 4.78 is 0. The van der Waals surface area contributed by atoms with Crippen molar-refractivity contribution in [2.75, 3.05) is 32.1 Å². The summed E-state index contributed by atoms with van der Waals surface area (Å²) in [6.07, 6.45) is 1.52. The quantitative estimate of drug-likeness (QED) is 0.903. The number of hydrogen-bond acceptors (Lipinski definition) is 3. The zero-order valence-corrected chi connectivity index (χ0v) is 13.8. The molecular formula is C17H25N3O2. The number of benzene rings is 1. The maximum absolute atomic E-state index is 12.2. The molecule has 0 radical (unpaired) electrons. The van der Waals surface area contributed by atoms with E-state index in [0.717, 1.165) is 18.7 Å². The number of carbonyl (C=O) groups is 2. The van der Waals surface area contributed by atoms with Gasteiger partial charge in [-0.15, -0.1) is 0 Å². The van der Waals surface area contributed by atoms with Crippen molar-refractivity contribution in [1.82, 2.24) is 10.2 Å². The van der Waals surface area contributed by atoms with Gasteiger partial charge in [-0.05, 0) is 58.6 Å². The first kappa shape index (κ1) is 16.5. The first-order valence-electron chi connectivity index (χ1n) is 7.67. The molecule has 0 unspecified atom stereocenters. The van der Waals surface area contributed by atoms with Crippen molar-refractivity contribution < 1.29 is 9.59 Å². The van der Waals surface area contributed by atoms with Crippen LogP contribution in [0, 0.1) is 0 Å². The van der Waals surface area contributed by atoms with Crippen LogP contribution in [0.4, 0.5) is 5.69 Å². The number of carbonyl (C=O) groups excluding carboxylic acids is 2. The summed E-state index contributed by atoms with van der Waals surface area (Å²) >= 11 is 0. The Bertz CT molecular complexity index is 550. The van der Waals surface area contributed by atoms with Gasteiger partial charge in [0.05, 0.1) is 0 Å². The summed E-state index contributed by atoms with van der Waals surface area (Å²) in [7, 11) is 3.99. The van der Waals surface area contributed by atoms with Gasteiger partial charge in [-0.25, -0.2) is 0 Å². The van der Waals surface area contributed by atoms with Crippen molar-refractivity contribution >= 4 is 17.5 Å². The lowest BCUT2D eigenvalue weighted by Gasteiger charge is -2.32. The molecule has 1 aliphatic heterocycles. The Morgan fingerprint density at radius 2 is 1.91 bits per heavy atom. The molecule has 5 nitrogen and oxygen atoms in total. The third-order valence-corrected chi connectivity index (χ3v) is 4.41. The second-order valence-corrected chi connectivity index (χ2v) is 6.59. The fourth-order valence-electron chi connectivity index (χ4n) is 2.27. The Balaban J connectivity index is 1.98. The van der Waals surface area contributed by atoms with Crippen LogP contribution in [-0.2, 0) is 4.79 Å². The summed E-state index contributed by atoms with van der Waals surface area (Å²) in [6.45, 7) is 5.50. The van der Waals surface area contributed by atoms with Crippen LogP contribution in [0.1, 0.15) is 37.0 Å². The van der Waals surface area contributed by atoms with Gasteiger partial charge in [0.2, 0.25) is 5.91 Å². The molecule has 1 N–H and O–H groups in total. The zero-order valence-electron chi connectivity index (χ0n) is 13.8. The van der Waals surface area contributed by atoms with E-state index >= 15 is 0 Å². The molecule has 1 aromatic carbocycles. The van der Waals surface area contributed by atoms with Gasteiger partial charge in [0, 0.05) is 36.3 Å². The smallest absolute Gasteiger partial charge is 0.251 e. The third-order valence-electron chi connectivity index (χ3n) is 4.41. The number of hydrogen-bond donors (Lipinski definition) is 1. The van der Waals surface area contributed by atoms with E-state index in [2.05, 4.69) is 24.1 Å². The Morgan fingerprint density at radius 1 is 1.27 bits per heavy atom. The molecule has 2 rings (SSSR count). The molecule has 1 aromatic rings. The summed E-state index contributed by atoms with van der Waals surface area (Å²) in [4.78, 5) is 27.8. The maximum Gasteiger partial charge on any atom is 0.251 e. The van der Waals surface area contributed by atoms with Gasteiger partial charge in [-0.1, -0.05) is 0 Å². The summed E-state index contributed by atoms with van der Waals surface area (Å²) in [5, 5.41) is 2.96. The summed E-state index contributed by atoms with van der Waals surface area (Å²) in [6, 6.07) is 7.24. The molecule has 2 amide bonds. The van der Waals surface area contributed by atoms with Crippen molar-refractivity contribution in [2.45, 2.75) is 32.2 Å². The molecule has 0 bridgehead atoms. The average Bonchev–Trinajstić information content (AvgIpc) is 2.91. The van der Waals surface area contributed by atoms with Crippen molar-refractivity contribution in [3.05, 3.63) is 29.8 Å². The van der Waals surface area contributed by atoms with Crippen molar-refractivity contribution in [3.63, 3.8) is 0 Å². The number of likely N-dealkylation sites (N-methyl/N-ethyl adjacent to an activating group) is 1. The van der Waals surface area contributed by atoms with E-state index < -0.39 is 0 Å². The Hall–Kier alpha value is -1.88. The lowest BCUT2D eigenvalue weighted by atomic mass is 10.0. The average molecular weight is 303 g/mol. The zero-order chi connectivity index (χ0) is 16.3. The Kier molecular flexibility index (Phi) is 4.86. The van der Waals surface area contributed by atoms with Crippen molar-refractivity contribution in [3.8, 4) is 0 Å². The highest BCUT2D eigenvalue weighted by Gasteiger charge is 2.23. The second kappa shape index (κ2) is 6.48. The molecule has 5 heteroatoms. The van der Waals surface area contributed by atoms with Gasteiger partial charge in [-0.3, -0.25) is 9.59 Å². The molecule has 1 aliphatic rings. The van der Waals surface area contributed by atoms with Gasteiger partial charge in [-0.2, -0.15) is 0 Å². The van der Waals surface area contributed by atoms with Gasteiger partial charge in [0.25, 0.3) is 5.91 Å². The molecule has 22 heavy (non-hydrogen) atoms. The molecule has 120 valence electrons. The fourth-order valence-corrected chi connectivity index (χ4v) is 2.27. The van der Waals surface area contributed by atoms with E-state index in [0.29, 0.717) is 18.5 Å². The van der Waals surface area contributed by atoms with Gasteiger partial charge in [0.15, 0.2) is 0 Å². The largest absolute Gasteiger partial charge is 0.350 e. The fraction of sp³-hybridized carbons (Fsp3) is 0.529. The van der Waals surface area contributed by atoms with E-state index in [-0.39, 0.29) is 17.4 Å². The molecular weight excluding hydrogens is 278 g/mol. The lowest BCUT2D eigenvalue weighted by molar-refractivity contribution is -0.117. The van der Waals surface area contributed by atoms with Crippen LogP contribution >= 0.6 is 0 Å². The van der Waals surface area contributed by atoms with Crippen LogP contribution in [0.25, 0.3) is 0 Å². The van der Waals surface area contributed by atoms with Crippen LogP contribution in [0.2, 0.25) is 0 Å². The predicted molar refractivity (Wildman–Crippen MR) is 88.1 cm³/mol. The molecule has 1 heterocycles. The topological polar surface area (TPSA) is 52.7 Å². The highest BCUT2D eigenvalue weighted by Crippen LogP contribution is 2.21. The molecule has 1 saturated heterocycles. The Morgan fingerprint density at radius 3 is 2.41 bits per heavy atom. The number of amides is 2. The van der Waals surface area contributed by atoms with E-state index in [1.807, 2.05) is 26.2 Å². The molecule has 0 aromatic heterocycles. The second-order valence-electron chi connectivity index (χ2n) is 6.59. The third kappa shape index (κ3) is 3.65. The molecule has 0 aliphatic carbocycles. The van der Waals surface area contributed by atoms with Crippen LogP contribution in [-0.4, -0.2) is 49.4 Å². The van der Waals surface area contributed by atoms with Crippen LogP contribution in [0.15, 0.2) is 24.3 Å². The minimum atomic E-state index is -0.0996. The first-order valence-corrected chi connectivity index (χ1v) is 7.67. The van der Waals surface area contributed by atoms with Crippen LogP contribution in [0.5, 0.6) is 0 Å². The Labute approximate surface area is 132 Å². The van der Waals surface area contributed by atoms with Gasteiger partial charge in [0.1, 0.15) is 0 Å². The van der Waals surface area contributed by atoms with Crippen molar-refractivity contribution in [2.24, 2.45) is 0 Å². The number of nitrogens with one attached hydrogen (secondary N) is 1. The molecule has 0 spiro atoms. The van der Waals surface area contributed by atoms with Crippen LogP contribution < -0.4 is 10.2 Å². The number of anilines is 1. The van der Waals surface area contributed by atoms with Crippen molar-refractivity contribution in [1.29, 1.82) is 0 Å². The van der Waals surface area contributed by atoms with E-state index in [1.54, 1.807) is 17.0 Å². The normalized spacial score (nSPS) is 15.5. The summed E-state index contributed by atoms with van der Waals surface area (Å²) in [5.74, 6) is 0.0687.